The van der Waals surface area contributed by atoms with E-state index in [2.05, 4.69) is 0 Å². The van der Waals surface area contributed by atoms with Gasteiger partial charge in [0.05, 0.1) is 12.8 Å². The number of hydrogen-bond donors (Lipinski definition) is 0. The van der Waals surface area contributed by atoms with E-state index < -0.39 is 5.41 Å². The first-order valence-corrected chi connectivity index (χ1v) is 7.75. The van der Waals surface area contributed by atoms with Gasteiger partial charge in [-0.15, -0.1) is 0 Å². The van der Waals surface area contributed by atoms with Crippen molar-refractivity contribution in [2.24, 2.45) is 0 Å². The molecule has 5 heteroatoms. The zero-order chi connectivity index (χ0) is 15.9. The number of hydroxylamine groups is 1. The summed E-state index contributed by atoms with van der Waals surface area (Å²) in [4.78, 5) is 18.4. The van der Waals surface area contributed by atoms with Gasteiger partial charge in [-0.05, 0) is 41.8 Å². The number of benzene rings is 2. The Kier molecular flexibility index (Phi) is 3.89. The van der Waals surface area contributed by atoms with Crippen LogP contribution in [0.4, 0.5) is 5.69 Å². The first kappa shape index (κ1) is 15.3. The topological polar surface area (TPSA) is 29.5 Å². The third kappa shape index (κ3) is 2.04. The summed E-state index contributed by atoms with van der Waals surface area (Å²) in [6.07, 6.45) is 0.613. The molecule has 0 bridgehead atoms. The Morgan fingerprint density at radius 1 is 1.09 bits per heavy atom. The predicted octanol–water partition coefficient (Wildman–Crippen LogP) is 4.60. The van der Waals surface area contributed by atoms with Gasteiger partial charge in [0, 0.05) is 10.0 Å². The summed E-state index contributed by atoms with van der Waals surface area (Å²) in [5.41, 5.74) is 1.71. The number of amides is 1. The van der Waals surface area contributed by atoms with Crippen molar-refractivity contribution in [2.75, 3.05) is 12.2 Å². The van der Waals surface area contributed by atoms with Gasteiger partial charge in [-0.25, -0.2) is 0 Å². The van der Waals surface area contributed by atoms with Crippen LogP contribution in [0, 0.1) is 0 Å². The Hall–Kier alpha value is -1.55. The van der Waals surface area contributed by atoms with Crippen LogP contribution in [0.15, 0.2) is 42.5 Å². The van der Waals surface area contributed by atoms with Gasteiger partial charge in [-0.3, -0.25) is 9.63 Å². The van der Waals surface area contributed by atoms with Crippen molar-refractivity contribution in [3.05, 3.63) is 63.6 Å². The van der Waals surface area contributed by atoms with E-state index in [0.29, 0.717) is 22.2 Å². The van der Waals surface area contributed by atoms with E-state index in [9.17, 15) is 4.79 Å². The van der Waals surface area contributed by atoms with Crippen molar-refractivity contribution in [3.63, 3.8) is 0 Å². The number of nitrogens with zero attached hydrogens (tertiary/aromatic N) is 1. The molecule has 0 saturated carbocycles. The number of hydrogen-bond acceptors (Lipinski definition) is 2. The minimum absolute atomic E-state index is 0.114. The van der Waals surface area contributed by atoms with Gasteiger partial charge < -0.3 is 0 Å². The second-order valence-corrected chi connectivity index (χ2v) is 6.08. The maximum Gasteiger partial charge on any atom is 0.266 e. The molecule has 0 saturated heterocycles. The van der Waals surface area contributed by atoms with Crippen molar-refractivity contribution < 1.29 is 9.63 Å². The normalized spacial score (nSPS) is 20.4. The summed E-state index contributed by atoms with van der Waals surface area (Å²) in [6, 6.07) is 12.8. The molecule has 1 heterocycles. The molecule has 0 aliphatic carbocycles. The SMILES string of the molecule is CCC1(c2ccc(Cl)cc2)C(=O)N(OC)c2cc(Cl)ccc21. The number of carbonyl (C=O) groups excluding carboxylic acids is 1. The molecule has 0 spiro atoms. The van der Waals surface area contributed by atoms with Crippen LogP contribution < -0.4 is 5.06 Å². The van der Waals surface area contributed by atoms with Crippen molar-refractivity contribution >= 4 is 34.8 Å². The second-order valence-electron chi connectivity index (χ2n) is 5.21. The highest BCUT2D eigenvalue weighted by Crippen LogP contribution is 2.49. The molecule has 1 atom stereocenters. The Bertz CT molecular complexity index is 730. The second kappa shape index (κ2) is 5.58. The first-order valence-electron chi connectivity index (χ1n) is 6.99. The van der Waals surface area contributed by atoms with Crippen LogP contribution in [0.25, 0.3) is 0 Å². The summed E-state index contributed by atoms with van der Waals surface area (Å²) >= 11 is 12.1. The molecular formula is C17H15Cl2NO2. The Balaban J connectivity index is 2.28. The monoisotopic (exact) mass is 335 g/mol. The number of carbonyl (C=O) groups is 1. The van der Waals surface area contributed by atoms with Gasteiger partial charge >= 0.3 is 0 Å². The molecule has 2 aromatic rings. The van der Waals surface area contributed by atoms with Crippen molar-refractivity contribution in [1.29, 1.82) is 0 Å². The van der Waals surface area contributed by atoms with Crippen LogP contribution in [-0.4, -0.2) is 13.0 Å². The van der Waals surface area contributed by atoms with E-state index in [1.54, 1.807) is 24.3 Å². The fourth-order valence-corrected chi connectivity index (χ4v) is 3.46. The van der Waals surface area contributed by atoms with Crippen LogP contribution in [0.2, 0.25) is 10.0 Å². The maximum atomic E-state index is 13.1. The minimum atomic E-state index is -0.777. The smallest absolute Gasteiger partial charge is 0.266 e. The number of halogens is 2. The van der Waals surface area contributed by atoms with E-state index in [-0.39, 0.29) is 5.91 Å². The standard InChI is InChI=1S/C17H15Cl2NO2/c1-3-17(11-4-6-12(18)7-5-11)14-9-8-13(19)10-15(14)20(22-2)16(17)21/h4-10H,3H2,1-2H3. The van der Waals surface area contributed by atoms with Gasteiger partial charge in [0.15, 0.2) is 0 Å². The van der Waals surface area contributed by atoms with Gasteiger partial charge in [0.2, 0.25) is 0 Å². The van der Waals surface area contributed by atoms with E-state index in [4.69, 9.17) is 28.0 Å². The first-order chi connectivity index (χ1) is 10.5. The Morgan fingerprint density at radius 2 is 1.73 bits per heavy atom. The van der Waals surface area contributed by atoms with E-state index in [1.165, 1.54) is 12.2 Å². The third-order valence-corrected chi connectivity index (χ3v) is 4.72. The third-order valence-electron chi connectivity index (χ3n) is 4.24. The quantitative estimate of drug-likeness (QED) is 0.820. The van der Waals surface area contributed by atoms with Crippen molar-refractivity contribution in [3.8, 4) is 0 Å². The summed E-state index contributed by atoms with van der Waals surface area (Å²) < 4.78 is 0. The van der Waals surface area contributed by atoms with Crippen LogP contribution in [0.3, 0.4) is 0 Å². The molecule has 3 nitrogen and oxygen atoms in total. The summed E-state index contributed by atoms with van der Waals surface area (Å²) in [6.45, 7) is 1.99. The van der Waals surface area contributed by atoms with Crippen LogP contribution in [0.1, 0.15) is 24.5 Å². The summed E-state index contributed by atoms with van der Waals surface area (Å²) in [5.74, 6) is -0.114. The lowest BCUT2D eigenvalue weighted by molar-refractivity contribution is -0.127. The van der Waals surface area contributed by atoms with E-state index in [0.717, 1.165) is 11.1 Å². The number of anilines is 1. The molecule has 1 amide bonds. The molecular weight excluding hydrogens is 321 g/mol. The largest absolute Gasteiger partial charge is 0.271 e. The Morgan fingerprint density at radius 3 is 2.32 bits per heavy atom. The fourth-order valence-electron chi connectivity index (χ4n) is 3.17. The zero-order valence-electron chi connectivity index (χ0n) is 12.3. The highest BCUT2D eigenvalue weighted by molar-refractivity contribution is 6.31. The molecule has 2 aromatic carbocycles. The molecule has 1 aliphatic rings. The molecule has 22 heavy (non-hydrogen) atoms. The van der Waals surface area contributed by atoms with E-state index >= 15 is 0 Å². The van der Waals surface area contributed by atoms with Crippen molar-refractivity contribution in [1.82, 2.24) is 0 Å². The van der Waals surface area contributed by atoms with Crippen LogP contribution >= 0.6 is 23.2 Å². The minimum Gasteiger partial charge on any atom is -0.271 e. The lowest BCUT2D eigenvalue weighted by Gasteiger charge is -2.27. The van der Waals surface area contributed by atoms with Crippen LogP contribution in [0.5, 0.6) is 0 Å². The van der Waals surface area contributed by atoms with Gasteiger partial charge in [-0.1, -0.05) is 48.3 Å². The molecule has 0 radical (unpaired) electrons. The highest BCUT2D eigenvalue weighted by atomic mass is 35.5. The van der Waals surface area contributed by atoms with Gasteiger partial charge in [0.25, 0.3) is 5.91 Å². The summed E-state index contributed by atoms with van der Waals surface area (Å²) in [7, 11) is 1.48. The lowest BCUT2D eigenvalue weighted by atomic mass is 9.73. The zero-order valence-corrected chi connectivity index (χ0v) is 13.8. The molecule has 3 rings (SSSR count). The molecule has 1 unspecified atom stereocenters. The van der Waals surface area contributed by atoms with Crippen molar-refractivity contribution in [2.45, 2.75) is 18.8 Å². The number of rotatable bonds is 3. The maximum absolute atomic E-state index is 13.1. The molecule has 1 aliphatic heterocycles. The molecule has 0 N–H and O–H groups in total. The molecule has 0 aromatic heterocycles. The van der Waals surface area contributed by atoms with E-state index in [1.807, 2.05) is 25.1 Å². The lowest BCUT2D eigenvalue weighted by Crippen LogP contribution is -2.40. The average Bonchev–Trinajstić information content (AvgIpc) is 2.76. The average molecular weight is 336 g/mol. The molecule has 114 valence electrons. The Labute approximate surface area is 139 Å². The van der Waals surface area contributed by atoms with Crippen LogP contribution in [-0.2, 0) is 15.0 Å². The number of fused-ring (bicyclic) bond motifs is 1. The summed E-state index contributed by atoms with van der Waals surface area (Å²) in [5, 5.41) is 2.52. The molecule has 0 fully saturated rings. The fraction of sp³-hybridized carbons (Fsp3) is 0.235. The van der Waals surface area contributed by atoms with Gasteiger partial charge in [-0.2, -0.15) is 5.06 Å². The predicted molar refractivity (Wildman–Crippen MR) is 88.5 cm³/mol. The van der Waals surface area contributed by atoms with Gasteiger partial charge in [0.1, 0.15) is 5.41 Å². The highest BCUT2D eigenvalue weighted by Gasteiger charge is 2.51.